The zero-order valence-electron chi connectivity index (χ0n) is 12.5. The van der Waals surface area contributed by atoms with Crippen LogP contribution in [0.15, 0.2) is 12.1 Å². The summed E-state index contributed by atoms with van der Waals surface area (Å²) < 4.78 is 69.2. The molecule has 0 atom stereocenters. The Morgan fingerprint density at radius 3 is 2.38 bits per heavy atom. The summed E-state index contributed by atoms with van der Waals surface area (Å²) in [4.78, 5) is 13.0. The van der Waals surface area contributed by atoms with Crippen LogP contribution in [-0.4, -0.2) is 51.3 Å². The van der Waals surface area contributed by atoms with Crippen molar-refractivity contribution in [1.29, 1.82) is 0 Å². The van der Waals surface area contributed by atoms with E-state index in [4.69, 9.17) is 9.84 Å². The molecule has 1 aromatic carbocycles. The second-order valence-electron chi connectivity index (χ2n) is 5.02. The molecule has 1 aromatic rings. The van der Waals surface area contributed by atoms with Crippen molar-refractivity contribution in [1.82, 2.24) is 0 Å². The monoisotopic (exact) mass is 369 g/mol. The Balaban J connectivity index is 2.50. The first-order valence-electron chi connectivity index (χ1n) is 6.74. The molecule has 7 nitrogen and oxygen atoms in total. The quantitative estimate of drug-likeness (QED) is 0.638. The van der Waals surface area contributed by atoms with E-state index >= 15 is 0 Å². The van der Waals surface area contributed by atoms with Gasteiger partial charge in [0.05, 0.1) is 13.2 Å². The fraction of sp³-hybridized carbons (Fsp3) is 0.462. The van der Waals surface area contributed by atoms with Crippen LogP contribution in [0.3, 0.4) is 0 Å². The van der Waals surface area contributed by atoms with Gasteiger partial charge < -0.3 is 18.9 Å². The average molecular weight is 369 g/mol. The molecule has 1 saturated heterocycles. The minimum atomic E-state index is -5.98. The SMILES string of the molecule is Cc1cc(N2CCOCC2)cc(OS(=O)(=O)C(F)(F)F)c1C(=O)O. The number of carboxylic acids is 1. The Morgan fingerprint density at radius 1 is 1.29 bits per heavy atom. The van der Waals surface area contributed by atoms with Gasteiger partial charge in [0.2, 0.25) is 0 Å². The van der Waals surface area contributed by atoms with Crippen LogP contribution in [-0.2, 0) is 14.9 Å². The lowest BCUT2D eigenvalue weighted by atomic mass is 10.1. The predicted molar refractivity (Wildman–Crippen MR) is 76.8 cm³/mol. The van der Waals surface area contributed by atoms with Gasteiger partial charge in [-0.1, -0.05) is 0 Å². The maximum atomic E-state index is 12.5. The first-order chi connectivity index (χ1) is 11.0. The van der Waals surface area contributed by atoms with Gasteiger partial charge in [-0.05, 0) is 18.6 Å². The molecule has 134 valence electrons. The summed E-state index contributed by atoms with van der Waals surface area (Å²) >= 11 is 0. The highest BCUT2D eigenvalue weighted by atomic mass is 32.2. The molecule has 2 rings (SSSR count). The number of anilines is 1. The zero-order valence-corrected chi connectivity index (χ0v) is 13.3. The lowest BCUT2D eigenvalue weighted by Gasteiger charge is -2.29. The van der Waals surface area contributed by atoms with Crippen LogP contribution in [0.5, 0.6) is 5.75 Å². The second-order valence-corrected chi connectivity index (χ2v) is 6.56. The standard InChI is InChI=1S/C13H14F3NO6S/c1-8-6-9(17-2-4-22-5-3-17)7-10(11(8)12(18)19)23-24(20,21)13(14,15)16/h6-7H,2-5H2,1H3,(H,18,19). The number of benzene rings is 1. The van der Waals surface area contributed by atoms with E-state index in [1.165, 1.54) is 13.0 Å². The summed E-state index contributed by atoms with van der Waals surface area (Å²) in [7, 11) is -5.98. The number of rotatable bonds is 4. The molecule has 24 heavy (non-hydrogen) atoms. The number of morpholine rings is 1. The van der Waals surface area contributed by atoms with E-state index in [9.17, 15) is 26.4 Å². The van der Waals surface area contributed by atoms with Gasteiger partial charge in [0.1, 0.15) is 5.56 Å². The van der Waals surface area contributed by atoms with Crippen molar-refractivity contribution < 1.29 is 40.4 Å². The van der Waals surface area contributed by atoms with Crippen LogP contribution < -0.4 is 9.08 Å². The van der Waals surface area contributed by atoms with Crippen molar-refractivity contribution in [3.63, 3.8) is 0 Å². The van der Waals surface area contributed by atoms with Gasteiger partial charge in [0, 0.05) is 24.8 Å². The molecular weight excluding hydrogens is 355 g/mol. The molecule has 1 N–H and O–H groups in total. The van der Waals surface area contributed by atoms with E-state index in [-0.39, 0.29) is 5.56 Å². The molecule has 0 aliphatic carbocycles. The zero-order chi connectivity index (χ0) is 18.1. The average Bonchev–Trinajstić information content (AvgIpc) is 2.45. The van der Waals surface area contributed by atoms with E-state index in [1.54, 1.807) is 4.90 Å². The first-order valence-corrected chi connectivity index (χ1v) is 8.15. The third-order valence-corrected chi connectivity index (χ3v) is 4.32. The van der Waals surface area contributed by atoms with Crippen LogP contribution in [0.2, 0.25) is 0 Å². The summed E-state index contributed by atoms with van der Waals surface area (Å²) in [5.74, 6) is -2.46. The van der Waals surface area contributed by atoms with Crippen molar-refractivity contribution >= 4 is 21.8 Å². The lowest BCUT2D eigenvalue weighted by molar-refractivity contribution is -0.0500. The highest BCUT2D eigenvalue weighted by molar-refractivity contribution is 7.88. The van der Waals surface area contributed by atoms with Gasteiger partial charge in [0.25, 0.3) is 0 Å². The number of aromatic carboxylic acids is 1. The minimum absolute atomic E-state index is 0.0823. The van der Waals surface area contributed by atoms with Crippen LogP contribution in [0.4, 0.5) is 18.9 Å². The summed E-state index contributed by atoms with van der Waals surface area (Å²) in [6.07, 6.45) is 0. The van der Waals surface area contributed by atoms with Crippen molar-refractivity contribution in [2.75, 3.05) is 31.2 Å². The van der Waals surface area contributed by atoms with E-state index in [0.29, 0.717) is 32.0 Å². The molecular formula is C13H14F3NO6S. The molecule has 1 fully saturated rings. The van der Waals surface area contributed by atoms with E-state index < -0.39 is 32.9 Å². The largest absolute Gasteiger partial charge is 0.534 e. The highest BCUT2D eigenvalue weighted by Gasteiger charge is 2.49. The Bertz CT molecular complexity index is 741. The Morgan fingerprint density at radius 2 is 1.88 bits per heavy atom. The lowest BCUT2D eigenvalue weighted by Crippen LogP contribution is -2.36. The van der Waals surface area contributed by atoms with Gasteiger partial charge in [-0.2, -0.15) is 21.6 Å². The van der Waals surface area contributed by atoms with Crippen LogP contribution >= 0.6 is 0 Å². The van der Waals surface area contributed by atoms with Gasteiger partial charge in [-0.25, -0.2) is 4.79 Å². The van der Waals surface area contributed by atoms with E-state index in [2.05, 4.69) is 4.18 Å². The van der Waals surface area contributed by atoms with Crippen LogP contribution in [0.25, 0.3) is 0 Å². The van der Waals surface area contributed by atoms with Gasteiger partial charge in [-0.15, -0.1) is 0 Å². The number of halogens is 3. The molecule has 0 amide bonds. The summed E-state index contributed by atoms with van der Waals surface area (Å²) in [5.41, 5.74) is -5.86. The molecule has 0 radical (unpaired) electrons. The maximum absolute atomic E-state index is 12.5. The van der Waals surface area contributed by atoms with Gasteiger partial charge in [0.15, 0.2) is 5.75 Å². The molecule has 0 saturated carbocycles. The molecule has 0 spiro atoms. The summed E-state index contributed by atoms with van der Waals surface area (Å²) in [6, 6.07) is 2.42. The normalized spacial score (nSPS) is 16.1. The number of carbonyl (C=O) groups is 1. The minimum Gasteiger partial charge on any atom is -0.478 e. The Kier molecular flexibility index (Phi) is 4.95. The molecule has 0 aromatic heterocycles. The van der Waals surface area contributed by atoms with Crippen molar-refractivity contribution in [2.45, 2.75) is 12.4 Å². The highest BCUT2D eigenvalue weighted by Crippen LogP contribution is 2.34. The number of nitrogens with zero attached hydrogens (tertiary/aromatic N) is 1. The molecule has 1 aliphatic heterocycles. The number of hydrogen-bond acceptors (Lipinski definition) is 6. The Labute approximate surface area is 135 Å². The maximum Gasteiger partial charge on any atom is 0.534 e. The fourth-order valence-electron chi connectivity index (χ4n) is 2.25. The molecule has 1 aliphatic rings. The van der Waals surface area contributed by atoms with Crippen LogP contribution in [0, 0.1) is 6.92 Å². The van der Waals surface area contributed by atoms with Crippen LogP contribution in [0.1, 0.15) is 15.9 Å². The first kappa shape index (κ1) is 18.3. The third-order valence-electron chi connectivity index (χ3n) is 3.36. The third kappa shape index (κ3) is 3.73. The van der Waals surface area contributed by atoms with Gasteiger partial charge >= 0.3 is 21.6 Å². The van der Waals surface area contributed by atoms with Crippen molar-refractivity contribution in [3.8, 4) is 5.75 Å². The van der Waals surface area contributed by atoms with Crippen molar-refractivity contribution in [3.05, 3.63) is 23.3 Å². The molecule has 1 heterocycles. The molecule has 0 unspecified atom stereocenters. The van der Waals surface area contributed by atoms with E-state index in [1.807, 2.05) is 0 Å². The molecule has 11 heteroatoms. The summed E-state index contributed by atoms with van der Waals surface area (Å²) in [5, 5.41) is 9.16. The second kappa shape index (κ2) is 6.48. The number of carboxylic acid groups (broad SMARTS) is 1. The van der Waals surface area contributed by atoms with Crippen molar-refractivity contribution in [2.24, 2.45) is 0 Å². The summed E-state index contributed by atoms with van der Waals surface area (Å²) in [6.45, 7) is 2.97. The molecule has 0 bridgehead atoms. The number of aryl methyl sites for hydroxylation is 1. The number of hydrogen-bond donors (Lipinski definition) is 1. The Hall–Kier alpha value is -2.01. The smallest absolute Gasteiger partial charge is 0.478 e. The fourth-order valence-corrected chi connectivity index (χ4v) is 2.71. The van der Waals surface area contributed by atoms with E-state index in [0.717, 1.165) is 6.07 Å². The predicted octanol–water partition coefficient (Wildman–Crippen LogP) is 1.76. The topological polar surface area (TPSA) is 93.1 Å². The number of ether oxygens (including phenoxy) is 1. The number of alkyl halides is 3. The van der Waals surface area contributed by atoms with Gasteiger partial charge in [-0.3, -0.25) is 0 Å².